The Morgan fingerprint density at radius 2 is 1.79 bits per heavy atom. The van der Waals surface area contributed by atoms with Gasteiger partial charge in [-0.25, -0.2) is 4.79 Å². The van der Waals surface area contributed by atoms with Crippen LogP contribution >= 0.6 is 0 Å². The summed E-state index contributed by atoms with van der Waals surface area (Å²) in [4.78, 5) is 26.5. The minimum absolute atomic E-state index is 0.0705. The van der Waals surface area contributed by atoms with E-state index in [1.54, 1.807) is 4.90 Å². The maximum atomic E-state index is 12.2. The van der Waals surface area contributed by atoms with Crippen LogP contribution in [0.2, 0.25) is 0 Å². The maximum absolute atomic E-state index is 12.2. The molecule has 0 aromatic heterocycles. The number of nitrogens with zero attached hydrogens (tertiary/aromatic N) is 2. The molecule has 1 saturated heterocycles. The smallest absolute Gasteiger partial charge is 0.320 e. The maximum Gasteiger partial charge on any atom is 0.320 e. The number of hydrogen-bond acceptors (Lipinski definition) is 2. The molecule has 0 spiro atoms. The molecule has 5 heteroatoms. The number of carboxylic acids is 1. The lowest BCUT2D eigenvalue weighted by molar-refractivity contribution is -0.139. The van der Waals surface area contributed by atoms with Gasteiger partial charge in [-0.1, -0.05) is 6.92 Å². The standard InChI is InChI=1S/C14H24N2O3/c1-10-3-5-12(6-4-10)15(2)14(19)16-8-11(9-16)7-13(17)18/h10-12H,3-9H2,1-2H3,(H,17,18). The lowest BCUT2D eigenvalue weighted by Gasteiger charge is -2.43. The number of aliphatic carboxylic acids is 1. The summed E-state index contributed by atoms with van der Waals surface area (Å²) in [5.74, 6) is 0.150. The molecule has 0 radical (unpaired) electrons. The van der Waals surface area contributed by atoms with E-state index in [0.717, 1.165) is 18.8 Å². The fraction of sp³-hybridized carbons (Fsp3) is 0.857. The summed E-state index contributed by atoms with van der Waals surface area (Å²) in [5, 5.41) is 8.70. The zero-order valence-corrected chi connectivity index (χ0v) is 11.8. The van der Waals surface area contributed by atoms with Crippen LogP contribution in [0.1, 0.15) is 39.0 Å². The van der Waals surface area contributed by atoms with Crippen molar-refractivity contribution >= 4 is 12.0 Å². The summed E-state index contributed by atoms with van der Waals surface area (Å²) in [7, 11) is 1.88. The Hall–Kier alpha value is -1.26. The largest absolute Gasteiger partial charge is 0.481 e. The van der Waals surface area contributed by atoms with E-state index in [1.807, 2.05) is 11.9 Å². The molecule has 1 heterocycles. The highest BCUT2D eigenvalue weighted by Crippen LogP contribution is 2.28. The summed E-state index contributed by atoms with van der Waals surface area (Å²) in [6.07, 6.45) is 4.76. The monoisotopic (exact) mass is 268 g/mol. The molecule has 2 rings (SSSR count). The Kier molecular flexibility index (Phi) is 4.32. The second kappa shape index (κ2) is 5.80. The quantitative estimate of drug-likeness (QED) is 0.852. The third-order valence-electron chi connectivity index (χ3n) is 4.53. The minimum Gasteiger partial charge on any atom is -0.481 e. The van der Waals surface area contributed by atoms with Gasteiger partial charge in [0.15, 0.2) is 0 Å². The van der Waals surface area contributed by atoms with E-state index in [9.17, 15) is 9.59 Å². The summed E-state index contributed by atoms with van der Waals surface area (Å²) in [5.41, 5.74) is 0. The van der Waals surface area contributed by atoms with Crippen molar-refractivity contribution in [2.45, 2.75) is 45.1 Å². The summed E-state index contributed by atoms with van der Waals surface area (Å²) < 4.78 is 0. The van der Waals surface area contributed by atoms with Crippen molar-refractivity contribution in [3.63, 3.8) is 0 Å². The number of carboxylic acid groups (broad SMARTS) is 1. The SMILES string of the molecule is CC1CCC(N(C)C(=O)N2CC(CC(=O)O)C2)CC1. The second-order valence-corrected chi connectivity index (χ2v) is 6.18. The van der Waals surface area contributed by atoms with Gasteiger partial charge in [0.2, 0.25) is 0 Å². The number of carbonyl (C=O) groups is 2. The van der Waals surface area contributed by atoms with E-state index in [0.29, 0.717) is 19.1 Å². The van der Waals surface area contributed by atoms with Crippen LogP contribution in [0.5, 0.6) is 0 Å². The molecule has 0 bridgehead atoms. The fourth-order valence-electron chi connectivity index (χ4n) is 3.11. The van der Waals surface area contributed by atoms with E-state index >= 15 is 0 Å². The third-order valence-corrected chi connectivity index (χ3v) is 4.53. The summed E-state index contributed by atoms with van der Waals surface area (Å²) >= 11 is 0. The number of rotatable bonds is 3. The van der Waals surface area contributed by atoms with Crippen molar-refractivity contribution in [3.8, 4) is 0 Å². The van der Waals surface area contributed by atoms with Crippen LogP contribution in [0, 0.1) is 11.8 Å². The van der Waals surface area contributed by atoms with Crippen LogP contribution < -0.4 is 0 Å². The van der Waals surface area contributed by atoms with Crippen molar-refractivity contribution in [2.75, 3.05) is 20.1 Å². The van der Waals surface area contributed by atoms with Crippen molar-refractivity contribution in [1.29, 1.82) is 0 Å². The van der Waals surface area contributed by atoms with Gasteiger partial charge in [0.1, 0.15) is 0 Å². The Morgan fingerprint density at radius 3 is 2.32 bits per heavy atom. The zero-order valence-electron chi connectivity index (χ0n) is 11.8. The highest BCUT2D eigenvalue weighted by atomic mass is 16.4. The van der Waals surface area contributed by atoms with Gasteiger partial charge >= 0.3 is 12.0 Å². The molecule has 108 valence electrons. The average Bonchev–Trinajstić information content (AvgIpc) is 2.32. The van der Waals surface area contributed by atoms with E-state index < -0.39 is 5.97 Å². The first-order chi connectivity index (χ1) is 8.97. The molecule has 5 nitrogen and oxygen atoms in total. The molecule has 19 heavy (non-hydrogen) atoms. The molecule has 1 N–H and O–H groups in total. The average molecular weight is 268 g/mol. The predicted molar refractivity (Wildman–Crippen MR) is 71.9 cm³/mol. The van der Waals surface area contributed by atoms with E-state index in [1.165, 1.54) is 12.8 Å². The number of urea groups is 1. The van der Waals surface area contributed by atoms with Gasteiger partial charge in [-0.3, -0.25) is 4.79 Å². The molecular weight excluding hydrogens is 244 g/mol. The molecule has 0 atom stereocenters. The van der Waals surface area contributed by atoms with Gasteiger partial charge in [-0.15, -0.1) is 0 Å². The molecular formula is C14H24N2O3. The van der Waals surface area contributed by atoms with Crippen LogP contribution in [0.3, 0.4) is 0 Å². The first-order valence-electron chi connectivity index (χ1n) is 7.21. The lowest BCUT2D eigenvalue weighted by Crippen LogP contribution is -2.56. The number of amides is 2. The van der Waals surface area contributed by atoms with Gasteiger partial charge in [-0.2, -0.15) is 0 Å². The number of hydrogen-bond donors (Lipinski definition) is 1. The van der Waals surface area contributed by atoms with Gasteiger partial charge in [-0.05, 0) is 31.6 Å². The normalized spacial score (nSPS) is 27.8. The van der Waals surface area contributed by atoms with Crippen LogP contribution in [0.25, 0.3) is 0 Å². The third kappa shape index (κ3) is 3.39. The van der Waals surface area contributed by atoms with Crippen LogP contribution in [0.15, 0.2) is 0 Å². The summed E-state index contributed by atoms with van der Waals surface area (Å²) in [6.45, 7) is 3.46. The molecule has 1 aliphatic carbocycles. The van der Waals surface area contributed by atoms with Gasteiger partial charge in [0, 0.05) is 32.1 Å². The Morgan fingerprint density at radius 1 is 1.21 bits per heavy atom. The topological polar surface area (TPSA) is 60.9 Å². The van der Waals surface area contributed by atoms with Crippen LogP contribution in [-0.2, 0) is 4.79 Å². The fourth-order valence-corrected chi connectivity index (χ4v) is 3.11. The van der Waals surface area contributed by atoms with Gasteiger partial charge in [0.25, 0.3) is 0 Å². The highest BCUT2D eigenvalue weighted by Gasteiger charge is 2.35. The van der Waals surface area contributed by atoms with Crippen LogP contribution in [-0.4, -0.2) is 53.1 Å². The van der Waals surface area contributed by atoms with Crippen LogP contribution in [0.4, 0.5) is 4.79 Å². The van der Waals surface area contributed by atoms with E-state index in [-0.39, 0.29) is 18.4 Å². The van der Waals surface area contributed by atoms with Crippen molar-refractivity contribution in [1.82, 2.24) is 9.80 Å². The van der Waals surface area contributed by atoms with Crippen molar-refractivity contribution in [2.24, 2.45) is 11.8 Å². The predicted octanol–water partition coefficient (Wildman–Crippen LogP) is 2.02. The van der Waals surface area contributed by atoms with Crippen molar-refractivity contribution in [3.05, 3.63) is 0 Å². The Bertz CT molecular complexity index is 345. The molecule has 1 aliphatic heterocycles. The minimum atomic E-state index is -0.772. The van der Waals surface area contributed by atoms with Gasteiger partial charge < -0.3 is 14.9 Å². The molecule has 0 aromatic carbocycles. The highest BCUT2D eigenvalue weighted by molar-refractivity contribution is 5.76. The first kappa shape index (κ1) is 14.2. The second-order valence-electron chi connectivity index (χ2n) is 6.18. The van der Waals surface area contributed by atoms with E-state index in [2.05, 4.69) is 6.92 Å². The molecule has 1 saturated carbocycles. The number of likely N-dealkylation sites (tertiary alicyclic amines) is 1. The number of carbonyl (C=O) groups excluding carboxylic acids is 1. The van der Waals surface area contributed by atoms with Gasteiger partial charge in [0.05, 0.1) is 6.42 Å². The first-order valence-corrected chi connectivity index (χ1v) is 7.21. The van der Waals surface area contributed by atoms with Crippen molar-refractivity contribution < 1.29 is 14.7 Å². The molecule has 0 unspecified atom stereocenters. The summed E-state index contributed by atoms with van der Waals surface area (Å²) in [6, 6.07) is 0.434. The molecule has 2 fully saturated rings. The molecule has 2 aliphatic rings. The Balaban J connectivity index is 1.76. The molecule has 0 aromatic rings. The Labute approximate surface area is 114 Å². The lowest BCUT2D eigenvalue weighted by atomic mass is 9.87. The molecule has 2 amide bonds. The van der Waals surface area contributed by atoms with E-state index in [4.69, 9.17) is 5.11 Å². The zero-order chi connectivity index (χ0) is 14.0.